The van der Waals surface area contributed by atoms with Crippen molar-refractivity contribution in [1.29, 1.82) is 0 Å². The molecule has 0 aliphatic heterocycles. The lowest BCUT2D eigenvalue weighted by atomic mass is 9.78. The minimum Gasteiger partial charge on any atom is -0.507 e. The summed E-state index contributed by atoms with van der Waals surface area (Å²) in [5.41, 5.74) is 3.33. The molecular weight excluding hydrogens is 360 g/mol. The van der Waals surface area contributed by atoms with Crippen molar-refractivity contribution in [3.63, 3.8) is 0 Å². The minimum absolute atomic E-state index is 0.0649. The minimum atomic E-state index is -0.678. The van der Waals surface area contributed by atoms with E-state index in [4.69, 9.17) is 5.11 Å². The molecule has 0 atom stereocenters. The molecule has 0 radical (unpaired) electrons. The van der Waals surface area contributed by atoms with Crippen molar-refractivity contribution >= 4 is 5.97 Å². The highest BCUT2D eigenvalue weighted by Gasteiger charge is 2.26. The zero-order valence-electron chi connectivity index (χ0n) is 19.7. The van der Waals surface area contributed by atoms with Gasteiger partial charge < -0.3 is 10.2 Å². The molecular formula is C26H44O3. The molecule has 0 aromatic heterocycles. The largest absolute Gasteiger partial charge is 0.507 e. The molecule has 1 aromatic carbocycles. The first kappa shape index (κ1) is 25.5. The number of benzene rings is 1. The standard InChI is InChI=1S/C26H44O3/c1-25(2,3)21-18-20(19-22(24(21)29)26(4,5)6)16-14-12-10-8-7-9-11-13-15-17-23(27)28/h18-19,29H,7-17H2,1-6H3,(H,27,28). The SMILES string of the molecule is CC(C)(C)c1cc(CCCCCCCCCCCC(=O)O)cc(C(C)(C)C)c1O. The Labute approximate surface area is 178 Å². The average Bonchev–Trinajstić information content (AvgIpc) is 2.58. The zero-order chi connectivity index (χ0) is 22.1. The van der Waals surface area contributed by atoms with Crippen LogP contribution in [0.4, 0.5) is 0 Å². The van der Waals surface area contributed by atoms with Crippen molar-refractivity contribution in [2.45, 2.75) is 123 Å². The molecule has 0 heterocycles. The Hall–Kier alpha value is -1.51. The summed E-state index contributed by atoms with van der Waals surface area (Å²) in [7, 11) is 0. The summed E-state index contributed by atoms with van der Waals surface area (Å²) in [6.45, 7) is 13.0. The summed E-state index contributed by atoms with van der Waals surface area (Å²) >= 11 is 0. The van der Waals surface area contributed by atoms with Crippen LogP contribution in [0.2, 0.25) is 0 Å². The summed E-state index contributed by atoms with van der Waals surface area (Å²) in [5, 5.41) is 19.5. The molecule has 1 rings (SSSR count). The second-order valence-corrected chi connectivity index (χ2v) is 10.6. The second kappa shape index (κ2) is 11.6. The van der Waals surface area contributed by atoms with Gasteiger partial charge in [0.05, 0.1) is 0 Å². The quantitative estimate of drug-likeness (QED) is 0.354. The number of carboxylic acids is 1. The van der Waals surface area contributed by atoms with E-state index in [0.29, 0.717) is 12.2 Å². The molecule has 0 aliphatic carbocycles. The van der Waals surface area contributed by atoms with Crippen molar-refractivity contribution in [1.82, 2.24) is 0 Å². The Morgan fingerprint density at radius 1 is 0.724 bits per heavy atom. The molecule has 1 aromatic rings. The maximum Gasteiger partial charge on any atom is 0.303 e. The number of aryl methyl sites for hydroxylation is 1. The molecule has 29 heavy (non-hydrogen) atoms. The van der Waals surface area contributed by atoms with Gasteiger partial charge in [0.2, 0.25) is 0 Å². The van der Waals surface area contributed by atoms with Gasteiger partial charge in [-0.2, -0.15) is 0 Å². The average molecular weight is 405 g/mol. The van der Waals surface area contributed by atoms with Crippen LogP contribution in [0, 0.1) is 0 Å². The first-order valence-corrected chi connectivity index (χ1v) is 11.5. The van der Waals surface area contributed by atoms with Crippen molar-refractivity contribution in [3.8, 4) is 5.75 Å². The molecule has 0 spiro atoms. The Bertz CT molecular complexity index is 597. The van der Waals surface area contributed by atoms with Crippen LogP contribution in [-0.4, -0.2) is 16.2 Å². The molecule has 0 bridgehead atoms. The van der Waals surface area contributed by atoms with E-state index >= 15 is 0 Å². The molecule has 166 valence electrons. The highest BCUT2D eigenvalue weighted by molar-refractivity contribution is 5.66. The monoisotopic (exact) mass is 404 g/mol. The van der Waals surface area contributed by atoms with Gasteiger partial charge in [-0.25, -0.2) is 0 Å². The number of aromatic hydroxyl groups is 1. The van der Waals surface area contributed by atoms with Gasteiger partial charge in [0, 0.05) is 6.42 Å². The fourth-order valence-corrected chi connectivity index (χ4v) is 3.82. The van der Waals surface area contributed by atoms with Crippen LogP contribution in [0.25, 0.3) is 0 Å². The van der Waals surface area contributed by atoms with Gasteiger partial charge in [-0.15, -0.1) is 0 Å². The number of hydrogen-bond donors (Lipinski definition) is 2. The van der Waals surface area contributed by atoms with Gasteiger partial charge >= 0.3 is 5.97 Å². The lowest BCUT2D eigenvalue weighted by Gasteiger charge is -2.28. The van der Waals surface area contributed by atoms with E-state index in [1.165, 1.54) is 44.1 Å². The number of rotatable bonds is 12. The summed E-state index contributed by atoms with van der Waals surface area (Å²) in [4.78, 5) is 10.5. The maximum atomic E-state index is 10.8. The summed E-state index contributed by atoms with van der Waals surface area (Å²) in [6, 6.07) is 4.42. The van der Waals surface area contributed by atoms with Crippen molar-refractivity contribution in [3.05, 3.63) is 28.8 Å². The molecule has 0 fully saturated rings. The number of hydrogen-bond acceptors (Lipinski definition) is 2. The van der Waals surface area contributed by atoms with Gasteiger partial charge in [0.15, 0.2) is 0 Å². The molecule has 0 aliphatic rings. The van der Waals surface area contributed by atoms with Crippen LogP contribution in [0.3, 0.4) is 0 Å². The lowest BCUT2D eigenvalue weighted by Crippen LogP contribution is -2.18. The maximum absolute atomic E-state index is 10.8. The molecule has 0 amide bonds. The topological polar surface area (TPSA) is 57.5 Å². The molecule has 3 heteroatoms. The first-order valence-electron chi connectivity index (χ1n) is 11.5. The molecule has 0 saturated heterocycles. The zero-order valence-corrected chi connectivity index (χ0v) is 19.7. The number of aliphatic carboxylic acids is 1. The number of unbranched alkanes of at least 4 members (excludes halogenated alkanes) is 8. The van der Waals surface area contributed by atoms with E-state index in [2.05, 4.69) is 53.7 Å². The van der Waals surface area contributed by atoms with E-state index in [0.717, 1.165) is 36.8 Å². The number of carboxylic acid groups (broad SMARTS) is 1. The predicted octanol–water partition coefficient (Wildman–Crippen LogP) is 7.52. The molecule has 2 N–H and O–H groups in total. The van der Waals surface area contributed by atoms with Crippen molar-refractivity contribution in [2.75, 3.05) is 0 Å². The molecule has 0 unspecified atom stereocenters. The van der Waals surface area contributed by atoms with Crippen molar-refractivity contribution < 1.29 is 15.0 Å². The summed E-state index contributed by atoms with van der Waals surface area (Å²) in [5.74, 6) is -0.208. The van der Waals surface area contributed by atoms with E-state index < -0.39 is 5.97 Å². The number of phenols is 1. The molecule has 0 saturated carbocycles. The smallest absolute Gasteiger partial charge is 0.303 e. The predicted molar refractivity (Wildman–Crippen MR) is 123 cm³/mol. The van der Waals surface area contributed by atoms with E-state index in [1.807, 2.05) is 0 Å². The fraction of sp³-hybridized carbons (Fsp3) is 0.731. The normalized spacial score (nSPS) is 12.3. The van der Waals surface area contributed by atoms with Gasteiger partial charge in [-0.1, -0.05) is 98.6 Å². The van der Waals surface area contributed by atoms with Crippen LogP contribution in [0.1, 0.15) is 122 Å². The van der Waals surface area contributed by atoms with E-state index in [9.17, 15) is 9.90 Å². The van der Waals surface area contributed by atoms with E-state index in [-0.39, 0.29) is 10.8 Å². The summed E-state index contributed by atoms with van der Waals surface area (Å²) < 4.78 is 0. The third-order valence-electron chi connectivity index (χ3n) is 5.64. The van der Waals surface area contributed by atoms with Crippen LogP contribution in [0.15, 0.2) is 12.1 Å². The summed E-state index contributed by atoms with van der Waals surface area (Å²) in [6.07, 6.45) is 11.9. The van der Waals surface area contributed by atoms with Crippen molar-refractivity contribution in [2.24, 2.45) is 0 Å². The first-order chi connectivity index (χ1) is 13.4. The van der Waals surface area contributed by atoms with Crippen LogP contribution >= 0.6 is 0 Å². The Kier molecular flexibility index (Phi) is 10.2. The Morgan fingerprint density at radius 3 is 1.48 bits per heavy atom. The van der Waals surface area contributed by atoms with Crippen LogP contribution in [-0.2, 0) is 22.0 Å². The third kappa shape index (κ3) is 9.69. The Balaban J connectivity index is 2.42. The van der Waals surface area contributed by atoms with Gasteiger partial charge in [0.25, 0.3) is 0 Å². The van der Waals surface area contributed by atoms with Crippen LogP contribution in [0.5, 0.6) is 5.75 Å². The highest BCUT2D eigenvalue weighted by atomic mass is 16.4. The number of carbonyl (C=O) groups is 1. The van der Waals surface area contributed by atoms with E-state index in [1.54, 1.807) is 0 Å². The second-order valence-electron chi connectivity index (χ2n) is 10.6. The lowest BCUT2D eigenvalue weighted by molar-refractivity contribution is -0.137. The van der Waals surface area contributed by atoms with Gasteiger partial charge in [-0.05, 0) is 46.8 Å². The van der Waals surface area contributed by atoms with Gasteiger partial charge in [-0.3, -0.25) is 4.79 Å². The van der Waals surface area contributed by atoms with Crippen LogP contribution < -0.4 is 0 Å². The molecule has 3 nitrogen and oxygen atoms in total. The third-order valence-corrected chi connectivity index (χ3v) is 5.64. The Morgan fingerprint density at radius 2 is 1.10 bits per heavy atom. The highest BCUT2D eigenvalue weighted by Crippen LogP contribution is 2.40. The fourth-order valence-electron chi connectivity index (χ4n) is 3.82. The number of phenolic OH excluding ortho intramolecular Hbond substituents is 1. The van der Waals surface area contributed by atoms with Gasteiger partial charge in [0.1, 0.15) is 5.75 Å².